The molecule has 3 aromatic rings. The highest BCUT2D eigenvalue weighted by Gasteiger charge is 2.52. The van der Waals surface area contributed by atoms with Gasteiger partial charge in [0.05, 0.1) is 6.10 Å². The first-order valence-electron chi connectivity index (χ1n) is 14.3. The maximum atomic E-state index is 14.2. The number of rotatable bonds is 8. The molecule has 6 rings (SSSR count). The van der Waals surface area contributed by atoms with Gasteiger partial charge in [-0.15, -0.1) is 0 Å². The van der Waals surface area contributed by atoms with Crippen molar-refractivity contribution in [2.45, 2.75) is 43.0 Å². The molecule has 1 aliphatic carbocycles. The summed E-state index contributed by atoms with van der Waals surface area (Å²) >= 11 is 0. The van der Waals surface area contributed by atoms with E-state index in [1.807, 2.05) is 54.6 Å². The summed E-state index contributed by atoms with van der Waals surface area (Å²) in [7, 11) is 1.51. The highest BCUT2D eigenvalue weighted by molar-refractivity contribution is 5.94. The van der Waals surface area contributed by atoms with Crippen LogP contribution in [0.5, 0.6) is 0 Å². The molecule has 0 radical (unpaired) electrons. The van der Waals surface area contributed by atoms with Crippen molar-refractivity contribution in [3.8, 4) is 11.1 Å². The Kier molecular flexibility index (Phi) is 7.70. The summed E-state index contributed by atoms with van der Waals surface area (Å²) < 4.78 is 11.3. The van der Waals surface area contributed by atoms with Crippen LogP contribution in [0.25, 0.3) is 11.1 Å². The van der Waals surface area contributed by atoms with Crippen molar-refractivity contribution in [2.75, 3.05) is 33.4 Å². The molecule has 0 spiro atoms. The molecule has 2 aliphatic heterocycles. The number of amides is 2. The molecule has 218 valence electrons. The Bertz CT molecular complexity index is 1430. The van der Waals surface area contributed by atoms with E-state index in [-0.39, 0.29) is 38.1 Å². The Morgan fingerprint density at radius 1 is 0.952 bits per heavy atom. The number of benzene rings is 3. The van der Waals surface area contributed by atoms with Gasteiger partial charge in [-0.25, -0.2) is 9.59 Å². The number of nitrogens with one attached hydrogen (secondary N) is 1. The Balaban J connectivity index is 1.22. The highest BCUT2D eigenvalue weighted by atomic mass is 16.5. The molecular formula is C33H35N3O6. The molecule has 2 amide bonds. The van der Waals surface area contributed by atoms with Gasteiger partial charge in [-0.3, -0.25) is 9.69 Å². The number of carboxylic acids is 1. The smallest absolute Gasteiger partial charge is 0.408 e. The lowest BCUT2D eigenvalue weighted by molar-refractivity contribution is -0.150. The molecule has 3 aromatic carbocycles. The zero-order valence-corrected chi connectivity index (χ0v) is 23.6. The molecule has 2 fully saturated rings. The Hall–Kier alpha value is -4.21. The molecule has 9 heteroatoms. The third kappa shape index (κ3) is 5.26. The average molecular weight is 570 g/mol. The van der Waals surface area contributed by atoms with Gasteiger partial charge >= 0.3 is 12.1 Å². The molecule has 2 saturated heterocycles. The molecule has 3 atom stereocenters. The molecular weight excluding hydrogens is 534 g/mol. The zero-order chi connectivity index (χ0) is 29.3. The average Bonchev–Trinajstić information content (AvgIpc) is 3.71. The molecule has 0 saturated carbocycles. The number of fused-ring (bicyclic) bond motifs is 3. The molecule has 42 heavy (non-hydrogen) atoms. The second-order valence-corrected chi connectivity index (χ2v) is 11.4. The van der Waals surface area contributed by atoms with Crippen LogP contribution in [0.4, 0.5) is 4.79 Å². The van der Waals surface area contributed by atoms with E-state index in [2.05, 4.69) is 34.5 Å². The summed E-state index contributed by atoms with van der Waals surface area (Å²) in [4.78, 5) is 43.2. The number of hydrogen-bond donors (Lipinski definition) is 2. The molecule has 2 N–H and O–H groups in total. The van der Waals surface area contributed by atoms with E-state index in [9.17, 15) is 19.5 Å². The standard InChI is InChI=1S/C33H35N3O6/c1-41-23-17-29(30(37)38)36(19-23)31(39)33(15-16-35(21-33)18-22-9-3-2-4-10-22)34-32(40)42-20-28-26-13-7-5-11-24(26)25-12-6-8-14-27(25)28/h2-14,23,28-29H,15-21H2,1H3,(H,34,40)(H,37,38). The van der Waals surface area contributed by atoms with E-state index in [0.717, 1.165) is 27.8 Å². The lowest BCUT2D eigenvalue weighted by Crippen LogP contribution is -2.62. The van der Waals surface area contributed by atoms with Gasteiger partial charge in [-0.05, 0) is 34.2 Å². The summed E-state index contributed by atoms with van der Waals surface area (Å²) in [6.45, 7) is 1.67. The molecule has 9 nitrogen and oxygen atoms in total. The normalized spacial score (nSPS) is 23.4. The first-order chi connectivity index (χ1) is 20.4. The summed E-state index contributed by atoms with van der Waals surface area (Å²) in [5, 5.41) is 12.8. The monoisotopic (exact) mass is 569 g/mol. The van der Waals surface area contributed by atoms with Crippen LogP contribution >= 0.6 is 0 Å². The molecule has 2 heterocycles. The van der Waals surface area contributed by atoms with Crippen molar-refractivity contribution in [2.24, 2.45) is 0 Å². The van der Waals surface area contributed by atoms with Gasteiger partial charge in [0.15, 0.2) is 0 Å². The number of nitrogens with zero attached hydrogens (tertiary/aromatic N) is 2. The summed E-state index contributed by atoms with van der Waals surface area (Å²) in [6, 6.07) is 25.1. The fourth-order valence-corrected chi connectivity index (χ4v) is 6.73. The first kappa shape index (κ1) is 27.9. The van der Waals surface area contributed by atoms with E-state index in [4.69, 9.17) is 9.47 Å². The molecule has 3 unspecified atom stereocenters. The van der Waals surface area contributed by atoms with Gasteiger partial charge in [0.1, 0.15) is 18.2 Å². The van der Waals surface area contributed by atoms with Gasteiger partial charge in [0.2, 0.25) is 0 Å². The largest absolute Gasteiger partial charge is 0.480 e. The molecule has 0 aromatic heterocycles. The van der Waals surface area contributed by atoms with Crippen LogP contribution in [0.2, 0.25) is 0 Å². The first-order valence-corrected chi connectivity index (χ1v) is 14.3. The second kappa shape index (κ2) is 11.6. The van der Waals surface area contributed by atoms with Crippen LogP contribution in [0.15, 0.2) is 78.9 Å². The fourth-order valence-electron chi connectivity index (χ4n) is 6.73. The SMILES string of the molecule is COC1CC(C(=O)O)N(C(=O)C2(NC(=O)OCC3c4ccccc4-c4ccccc43)CCN(Cc3ccccc3)C2)C1. The lowest BCUT2D eigenvalue weighted by atomic mass is 9.96. The van der Waals surface area contributed by atoms with Gasteiger partial charge in [-0.2, -0.15) is 0 Å². The number of carbonyl (C=O) groups is 3. The van der Waals surface area contributed by atoms with Gasteiger partial charge < -0.3 is 24.8 Å². The van der Waals surface area contributed by atoms with E-state index in [1.165, 1.54) is 12.0 Å². The van der Waals surface area contributed by atoms with E-state index >= 15 is 0 Å². The van der Waals surface area contributed by atoms with Crippen LogP contribution < -0.4 is 5.32 Å². The summed E-state index contributed by atoms with van der Waals surface area (Å²) in [6.07, 6.45) is -0.542. The summed E-state index contributed by atoms with van der Waals surface area (Å²) in [5.74, 6) is -1.62. The Morgan fingerprint density at radius 3 is 2.24 bits per heavy atom. The highest BCUT2D eigenvalue weighted by Crippen LogP contribution is 2.44. The second-order valence-electron chi connectivity index (χ2n) is 11.4. The van der Waals surface area contributed by atoms with E-state index in [0.29, 0.717) is 19.5 Å². The predicted octanol–water partition coefficient (Wildman–Crippen LogP) is 3.87. The maximum absolute atomic E-state index is 14.2. The number of carbonyl (C=O) groups excluding carboxylic acids is 2. The van der Waals surface area contributed by atoms with Crippen molar-refractivity contribution >= 4 is 18.0 Å². The van der Waals surface area contributed by atoms with Crippen molar-refractivity contribution in [3.63, 3.8) is 0 Å². The number of likely N-dealkylation sites (tertiary alicyclic amines) is 2. The van der Waals surface area contributed by atoms with Crippen LogP contribution in [0, 0.1) is 0 Å². The van der Waals surface area contributed by atoms with Crippen LogP contribution in [-0.2, 0) is 25.6 Å². The quantitative estimate of drug-likeness (QED) is 0.424. The van der Waals surface area contributed by atoms with Crippen molar-refractivity contribution in [1.29, 1.82) is 0 Å². The third-order valence-electron chi connectivity index (χ3n) is 8.83. The number of methoxy groups -OCH3 is 1. The molecule has 0 bridgehead atoms. The fraction of sp³-hybridized carbons (Fsp3) is 0.364. The van der Waals surface area contributed by atoms with Crippen molar-refractivity contribution in [3.05, 3.63) is 95.6 Å². The predicted molar refractivity (Wildman–Crippen MR) is 156 cm³/mol. The Labute approximate surface area is 245 Å². The number of carboxylic acid groups (broad SMARTS) is 1. The maximum Gasteiger partial charge on any atom is 0.408 e. The van der Waals surface area contributed by atoms with E-state index in [1.54, 1.807) is 0 Å². The minimum absolute atomic E-state index is 0.116. The minimum Gasteiger partial charge on any atom is -0.480 e. The van der Waals surface area contributed by atoms with Crippen LogP contribution in [-0.4, -0.2) is 83.9 Å². The zero-order valence-electron chi connectivity index (χ0n) is 23.6. The topological polar surface area (TPSA) is 108 Å². The number of alkyl carbamates (subject to hydrolysis) is 1. The minimum atomic E-state index is -1.33. The summed E-state index contributed by atoms with van der Waals surface area (Å²) in [5.41, 5.74) is 4.21. The van der Waals surface area contributed by atoms with Crippen LogP contribution in [0.3, 0.4) is 0 Å². The van der Waals surface area contributed by atoms with Crippen molar-refractivity contribution in [1.82, 2.24) is 15.1 Å². The van der Waals surface area contributed by atoms with Gasteiger partial charge in [-0.1, -0.05) is 78.9 Å². The van der Waals surface area contributed by atoms with Crippen molar-refractivity contribution < 1.29 is 29.0 Å². The van der Waals surface area contributed by atoms with Gasteiger partial charge in [0.25, 0.3) is 5.91 Å². The number of hydrogen-bond acceptors (Lipinski definition) is 6. The van der Waals surface area contributed by atoms with E-state index < -0.39 is 29.6 Å². The molecule has 3 aliphatic rings. The Morgan fingerprint density at radius 2 is 1.60 bits per heavy atom. The van der Waals surface area contributed by atoms with Crippen LogP contribution in [0.1, 0.15) is 35.4 Å². The lowest BCUT2D eigenvalue weighted by Gasteiger charge is -2.34. The number of aliphatic carboxylic acids is 1. The van der Waals surface area contributed by atoms with Gasteiger partial charge in [0, 0.05) is 45.6 Å². The third-order valence-corrected chi connectivity index (χ3v) is 8.83. The number of ether oxygens (including phenoxy) is 2.